The summed E-state index contributed by atoms with van der Waals surface area (Å²) in [4.78, 5) is 5.57. The molecule has 1 aliphatic heterocycles. The molecule has 0 amide bonds. The first-order chi connectivity index (χ1) is 12.1. The van der Waals surface area contributed by atoms with Gasteiger partial charge in [0, 0.05) is 48.8 Å². The summed E-state index contributed by atoms with van der Waals surface area (Å²) in [6.07, 6.45) is 1.18. The van der Waals surface area contributed by atoms with Crippen LogP contribution in [0.25, 0.3) is 10.9 Å². The van der Waals surface area contributed by atoms with Crippen molar-refractivity contribution in [2.24, 2.45) is 5.73 Å². The highest BCUT2D eigenvalue weighted by molar-refractivity contribution is 5.86. The Morgan fingerprint density at radius 3 is 2.84 bits per heavy atom. The molecule has 25 heavy (non-hydrogen) atoms. The Bertz CT molecular complexity index is 677. The monoisotopic (exact) mass is 346 g/mol. The summed E-state index contributed by atoms with van der Waals surface area (Å²) in [5.74, 6) is 0.816. The third kappa shape index (κ3) is 4.33. The number of aryl methyl sites for hydroxylation is 1. The highest BCUT2D eigenvalue weighted by Crippen LogP contribution is 2.28. The second kappa shape index (κ2) is 8.19. The molecular weight excluding hydrogens is 316 g/mol. The number of aliphatic hydroxyl groups is 1. The highest BCUT2D eigenvalue weighted by Gasteiger charge is 2.29. The predicted octanol–water partition coefficient (Wildman–Crippen LogP) is 1.57. The van der Waals surface area contributed by atoms with E-state index in [2.05, 4.69) is 21.3 Å². The summed E-state index contributed by atoms with van der Waals surface area (Å²) < 4.78 is 6.27. The van der Waals surface area contributed by atoms with Crippen LogP contribution in [0.15, 0.2) is 24.3 Å². The standard InChI is InChI=1S/C19H30N4O2/c1-13-12-16-17(22-13)4-3-5-18(16)25-19(14(2)24)23-10-6-15(7-11-23)21-9-8-20/h3-5,12,14-15,19,21-22,24H,6-11,20H2,1-2H3. The van der Waals surface area contributed by atoms with E-state index in [0.29, 0.717) is 12.6 Å². The average Bonchev–Trinajstić information content (AvgIpc) is 2.99. The van der Waals surface area contributed by atoms with Gasteiger partial charge in [0.1, 0.15) is 11.9 Å². The van der Waals surface area contributed by atoms with Crippen molar-refractivity contribution in [2.75, 3.05) is 26.2 Å². The van der Waals surface area contributed by atoms with Gasteiger partial charge in [-0.2, -0.15) is 0 Å². The number of benzene rings is 1. The van der Waals surface area contributed by atoms with Gasteiger partial charge in [0.15, 0.2) is 6.23 Å². The molecular formula is C19H30N4O2. The van der Waals surface area contributed by atoms with Gasteiger partial charge < -0.3 is 25.9 Å². The van der Waals surface area contributed by atoms with Gasteiger partial charge in [-0.25, -0.2) is 0 Å². The number of nitrogens with zero attached hydrogens (tertiary/aromatic N) is 1. The van der Waals surface area contributed by atoms with Crippen LogP contribution in [-0.4, -0.2) is 59.5 Å². The number of hydrogen-bond donors (Lipinski definition) is 4. The molecule has 1 saturated heterocycles. The number of aromatic amines is 1. The maximum Gasteiger partial charge on any atom is 0.178 e. The lowest BCUT2D eigenvalue weighted by Gasteiger charge is -2.38. The van der Waals surface area contributed by atoms with Crippen molar-refractivity contribution in [1.29, 1.82) is 0 Å². The summed E-state index contributed by atoms with van der Waals surface area (Å²) in [5.41, 5.74) is 7.73. The van der Waals surface area contributed by atoms with Gasteiger partial charge in [-0.15, -0.1) is 0 Å². The van der Waals surface area contributed by atoms with E-state index in [0.717, 1.165) is 54.8 Å². The minimum Gasteiger partial charge on any atom is -0.472 e. The lowest BCUT2D eigenvalue weighted by atomic mass is 10.0. The lowest BCUT2D eigenvalue weighted by molar-refractivity contribution is -0.0672. The normalized spacial score (nSPS) is 19.2. The van der Waals surface area contributed by atoms with Crippen molar-refractivity contribution < 1.29 is 9.84 Å². The van der Waals surface area contributed by atoms with E-state index in [1.807, 2.05) is 25.1 Å². The maximum absolute atomic E-state index is 10.3. The lowest BCUT2D eigenvalue weighted by Crippen LogP contribution is -2.52. The van der Waals surface area contributed by atoms with Gasteiger partial charge in [0.05, 0.1) is 0 Å². The van der Waals surface area contributed by atoms with E-state index >= 15 is 0 Å². The minimum atomic E-state index is -0.566. The third-order valence-corrected chi connectivity index (χ3v) is 4.89. The molecule has 2 atom stereocenters. The van der Waals surface area contributed by atoms with E-state index in [1.54, 1.807) is 6.92 Å². The zero-order valence-corrected chi connectivity index (χ0v) is 15.2. The van der Waals surface area contributed by atoms with Crippen LogP contribution in [0, 0.1) is 6.92 Å². The first-order valence-electron chi connectivity index (χ1n) is 9.19. The Morgan fingerprint density at radius 2 is 2.16 bits per heavy atom. The molecule has 1 aromatic heterocycles. The van der Waals surface area contributed by atoms with E-state index in [9.17, 15) is 5.11 Å². The largest absolute Gasteiger partial charge is 0.472 e. The van der Waals surface area contributed by atoms with Crippen molar-refractivity contribution in [3.63, 3.8) is 0 Å². The van der Waals surface area contributed by atoms with Crippen molar-refractivity contribution >= 4 is 10.9 Å². The molecule has 1 fully saturated rings. The quantitative estimate of drug-likeness (QED) is 0.611. The second-order valence-corrected chi connectivity index (χ2v) is 6.97. The van der Waals surface area contributed by atoms with E-state index in [4.69, 9.17) is 10.5 Å². The third-order valence-electron chi connectivity index (χ3n) is 4.89. The van der Waals surface area contributed by atoms with Crippen molar-refractivity contribution in [2.45, 2.75) is 45.1 Å². The molecule has 6 heteroatoms. The first kappa shape index (κ1) is 18.2. The molecule has 0 saturated carbocycles. The molecule has 2 aromatic rings. The van der Waals surface area contributed by atoms with Crippen molar-refractivity contribution in [3.8, 4) is 5.75 Å². The second-order valence-electron chi connectivity index (χ2n) is 6.97. The molecule has 6 nitrogen and oxygen atoms in total. The molecule has 0 spiro atoms. The molecule has 5 N–H and O–H groups in total. The Hall–Kier alpha value is -1.60. The smallest absolute Gasteiger partial charge is 0.178 e. The molecule has 2 heterocycles. The number of aromatic nitrogens is 1. The van der Waals surface area contributed by atoms with Crippen molar-refractivity contribution in [1.82, 2.24) is 15.2 Å². The molecule has 0 bridgehead atoms. The SMILES string of the molecule is Cc1cc2c(OC(C(C)O)N3CCC(NCCN)CC3)cccc2[nH]1. The summed E-state index contributed by atoms with van der Waals surface area (Å²) in [6.45, 7) is 7.16. The topological polar surface area (TPSA) is 86.5 Å². The fraction of sp³-hybridized carbons (Fsp3) is 0.579. The number of hydrogen-bond acceptors (Lipinski definition) is 5. The summed E-state index contributed by atoms with van der Waals surface area (Å²) >= 11 is 0. The van der Waals surface area contributed by atoms with Gasteiger partial charge >= 0.3 is 0 Å². The number of aliphatic hydroxyl groups excluding tert-OH is 1. The summed E-state index contributed by atoms with van der Waals surface area (Å²) in [7, 11) is 0. The van der Waals surface area contributed by atoms with Gasteiger partial charge in [-0.1, -0.05) is 6.07 Å². The Balaban J connectivity index is 1.69. The van der Waals surface area contributed by atoms with Crippen LogP contribution in [-0.2, 0) is 0 Å². The number of likely N-dealkylation sites (tertiary alicyclic amines) is 1. The number of H-pyrrole nitrogens is 1. The number of piperidine rings is 1. The van der Waals surface area contributed by atoms with Gasteiger partial charge in [0.2, 0.25) is 0 Å². The van der Waals surface area contributed by atoms with Crippen LogP contribution in [0.1, 0.15) is 25.5 Å². The number of rotatable bonds is 7. The number of ether oxygens (including phenoxy) is 1. The predicted molar refractivity (Wildman–Crippen MR) is 101 cm³/mol. The summed E-state index contributed by atoms with van der Waals surface area (Å²) in [6, 6.07) is 8.59. The Morgan fingerprint density at radius 1 is 1.40 bits per heavy atom. The first-order valence-corrected chi connectivity index (χ1v) is 9.19. The molecule has 138 valence electrons. The Kier molecular flexibility index (Phi) is 5.96. The fourth-order valence-corrected chi connectivity index (χ4v) is 3.62. The van der Waals surface area contributed by atoms with Gasteiger partial charge in [0.25, 0.3) is 0 Å². The molecule has 3 rings (SSSR count). The molecule has 1 aromatic carbocycles. The van der Waals surface area contributed by atoms with Gasteiger partial charge in [-0.05, 0) is 44.9 Å². The molecule has 0 radical (unpaired) electrons. The van der Waals surface area contributed by atoms with Gasteiger partial charge in [-0.3, -0.25) is 4.90 Å². The van der Waals surface area contributed by atoms with Crippen LogP contribution in [0.3, 0.4) is 0 Å². The van der Waals surface area contributed by atoms with Crippen LogP contribution < -0.4 is 15.8 Å². The molecule has 0 aliphatic carbocycles. The highest BCUT2D eigenvalue weighted by atomic mass is 16.5. The molecule has 1 aliphatic rings. The molecule has 2 unspecified atom stereocenters. The Labute approximate surface area is 149 Å². The number of nitrogens with two attached hydrogens (primary N) is 1. The minimum absolute atomic E-state index is 0.337. The zero-order valence-electron chi connectivity index (χ0n) is 15.2. The van der Waals surface area contributed by atoms with E-state index in [1.165, 1.54) is 0 Å². The van der Waals surface area contributed by atoms with Crippen molar-refractivity contribution in [3.05, 3.63) is 30.0 Å². The van der Waals surface area contributed by atoms with E-state index in [-0.39, 0.29) is 6.23 Å². The average molecular weight is 346 g/mol. The van der Waals surface area contributed by atoms with E-state index < -0.39 is 6.10 Å². The van der Waals surface area contributed by atoms with Crippen LogP contribution in [0.2, 0.25) is 0 Å². The summed E-state index contributed by atoms with van der Waals surface area (Å²) in [5, 5.41) is 14.8. The maximum atomic E-state index is 10.3. The number of nitrogens with one attached hydrogen (secondary N) is 2. The van der Waals surface area contributed by atoms with Crippen LogP contribution in [0.4, 0.5) is 0 Å². The van der Waals surface area contributed by atoms with Crippen LogP contribution in [0.5, 0.6) is 5.75 Å². The fourth-order valence-electron chi connectivity index (χ4n) is 3.62. The van der Waals surface area contributed by atoms with Crippen LogP contribution >= 0.6 is 0 Å². The zero-order chi connectivity index (χ0) is 17.8. The number of fused-ring (bicyclic) bond motifs is 1.